The Balaban J connectivity index is 1.47. The van der Waals surface area contributed by atoms with Gasteiger partial charge in [-0.15, -0.1) is 10.2 Å². The van der Waals surface area contributed by atoms with Gasteiger partial charge in [0.1, 0.15) is 5.82 Å². The molecule has 0 spiro atoms. The van der Waals surface area contributed by atoms with Crippen LogP contribution in [0.15, 0.2) is 40.5 Å². The Morgan fingerprint density at radius 3 is 2.74 bits per heavy atom. The average Bonchev–Trinajstić information content (AvgIpc) is 3.32. The van der Waals surface area contributed by atoms with Crippen molar-refractivity contribution in [3.63, 3.8) is 0 Å². The first-order chi connectivity index (χ1) is 15.0. The second-order valence-corrected chi connectivity index (χ2v) is 8.87. The molecule has 1 aromatic heterocycles. The summed E-state index contributed by atoms with van der Waals surface area (Å²) in [5.74, 6) is 2.43. The van der Waals surface area contributed by atoms with Crippen LogP contribution in [0.3, 0.4) is 0 Å². The maximum atomic E-state index is 12.4. The lowest BCUT2D eigenvalue weighted by molar-refractivity contribution is -0.117. The molecule has 8 nitrogen and oxygen atoms in total. The standard InChI is InChI=1S/C22H33N7OS/c1-16(2)14-29-19(26-27-22(29)31-4)11-8-12-24-21(23-3)25-17-13-20(30)28(15-17)18-9-6-5-7-10-18/h5-7,9-10,16-17H,8,11-15H2,1-4H3,(H2,23,24,25). The van der Waals surface area contributed by atoms with E-state index in [1.807, 2.05) is 41.5 Å². The second-order valence-electron chi connectivity index (χ2n) is 8.10. The van der Waals surface area contributed by atoms with Crippen molar-refractivity contribution in [1.82, 2.24) is 25.4 Å². The number of carbonyl (C=O) groups excluding carboxylic acids is 1. The van der Waals surface area contributed by atoms with Gasteiger partial charge in [0.05, 0.1) is 6.04 Å². The van der Waals surface area contributed by atoms with E-state index in [0.717, 1.165) is 48.6 Å². The number of hydrogen-bond donors (Lipinski definition) is 2. The van der Waals surface area contributed by atoms with Gasteiger partial charge >= 0.3 is 0 Å². The first-order valence-electron chi connectivity index (χ1n) is 10.8. The highest BCUT2D eigenvalue weighted by molar-refractivity contribution is 7.98. The Hall–Kier alpha value is -2.55. The summed E-state index contributed by atoms with van der Waals surface area (Å²) in [6, 6.07) is 9.83. The number of aliphatic imine (C=N–C) groups is 1. The van der Waals surface area contributed by atoms with Gasteiger partial charge < -0.3 is 20.1 Å². The fourth-order valence-electron chi connectivity index (χ4n) is 3.71. The molecule has 1 aliphatic rings. The highest BCUT2D eigenvalue weighted by Gasteiger charge is 2.31. The van der Waals surface area contributed by atoms with Crippen molar-refractivity contribution < 1.29 is 4.79 Å². The lowest BCUT2D eigenvalue weighted by Gasteiger charge is -2.19. The molecule has 0 aliphatic carbocycles. The number of rotatable bonds is 9. The molecule has 1 saturated heterocycles. The zero-order valence-corrected chi connectivity index (χ0v) is 19.7. The molecule has 1 aliphatic heterocycles. The third-order valence-corrected chi connectivity index (χ3v) is 5.82. The Morgan fingerprint density at radius 2 is 2.06 bits per heavy atom. The molecule has 0 saturated carbocycles. The topological polar surface area (TPSA) is 87.4 Å². The van der Waals surface area contributed by atoms with Crippen molar-refractivity contribution in [2.45, 2.75) is 50.9 Å². The summed E-state index contributed by atoms with van der Waals surface area (Å²) < 4.78 is 2.23. The zero-order valence-electron chi connectivity index (χ0n) is 18.8. The maximum Gasteiger partial charge on any atom is 0.229 e. The molecule has 1 amide bonds. The van der Waals surface area contributed by atoms with Gasteiger partial charge in [0, 0.05) is 45.2 Å². The number of hydrogen-bond acceptors (Lipinski definition) is 5. The number of guanidine groups is 1. The van der Waals surface area contributed by atoms with Crippen LogP contribution < -0.4 is 15.5 Å². The molecule has 1 unspecified atom stereocenters. The third kappa shape index (κ3) is 6.22. The quantitative estimate of drug-likeness (QED) is 0.268. The van der Waals surface area contributed by atoms with Gasteiger partial charge in [-0.2, -0.15) is 0 Å². The number of para-hydroxylation sites is 1. The molecule has 31 heavy (non-hydrogen) atoms. The van der Waals surface area contributed by atoms with Crippen molar-refractivity contribution in [3.8, 4) is 0 Å². The molecule has 2 aromatic rings. The van der Waals surface area contributed by atoms with E-state index < -0.39 is 0 Å². The summed E-state index contributed by atoms with van der Waals surface area (Å²) in [4.78, 5) is 18.6. The lowest BCUT2D eigenvalue weighted by Crippen LogP contribution is -2.45. The van der Waals surface area contributed by atoms with Crippen LogP contribution in [0.4, 0.5) is 5.69 Å². The minimum Gasteiger partial charge on any atom is -0.356 e. The number of nitrogens with one attached hydrogen (secondary N) is 2. The number of anilines is 1. The first kappa shape index (κ1) is 23.1. The van der Waals surface area contributed by atoms with Crippen molar-refractivity contribution >= 4 is 29.3 Å². The normalized spacial score (nSPS) is 16.9. The number of nitrogens with zero attached hydrogens (tertiary/aromatic N) is 5. The molecule has 2 N–H and O–H groups in total. The monoisotopic (exact) mass is 443 g/mol. The SMILES string of the molecule is CN=C(NCCCc1nnc(SC)n1CC(C)C)NC1CC(=O)N(c2ccccc2)C1. The van der Waals surface area contributed by atoms with Gasteiger partial charge in [-0.05, 0) is 30.7 Å². The largest absolute Gasteiger partial charge is 0.356 e. The van der Waals surface area contributed by atoms with Crippen molar-refractivity contribution in [1.29, 1.82) is 0 Å². The van der Waals surface area contributed by atoms with Crippen LogP contribution in [-0.2, 0) is 17.8 Å². The molecule has 168 valence electrons. The van der Waals surface area contributed by atoms with Crippen LogP contribution in [0.2, 0.25) is 0 Å². The van der Waals surface area contributed by atoms with E-state index in [9.17, 15) is 4.79 Å². The zero-order chi connectivity index (χ0) is 22.2. The molecule has 9 heteroatoms. The molecule has 2 heterocycles. The number of carbonyl (C=O) groups is 1. The number of aryl methyl sites for hydroxylation is 1. The number of thioether (sulfide) groups is 1. The minimum atomic E-state index is 0.0391. The summed E-state index contributed by atoms with van der Waals surface area (Å²) >= 11 is 1.64. The highest BCUT2D eigenvalue weighted by atomic mass is 32.2. The van der Waals surface area contributed by atoms with Crippen LogP contribution in [0.5, 0.6) is 0 Å². The molecular weight excluding hydrogens is 410 g/mol. The van der Waals surface area contributed by atoms with Crippen molar-refractivity contribution in [3.05, 3.63) is 36.2 Å². The van der Waals surface area contributed by atoms with Gasteiger partial charge in [0.25, 0.3) is 0 Å². The van der Waals surface area contributed by atoms with Crippen molar-refractivity contribution in [2.75, 3.05) is 31.3 Å². The van der Waals surface area contributed by atoms with Gasteiger partial charge in [-0.3, -0.25) is 9.79 Å². The van der Waals surface area contributed by atoms with Gasteiger partial charge in [0.2, 0.25) is 5.91 Å². The predicted molar refractivity (Wildman–Crippen MR) is 127 cm³/mol. The number of benzene rings is 1. The third-order valence-electron chi connectivity index (χ3n) is 5.15. The van der Waals surface area contributed by atoms with Gasteiger partial charge in [0.15, 0.2) is 11.1 Å². The van der Waals surface area contributed by atoms with Gasteiger partial charge in [-0.25, -0.2) is 0 Å². The smallest absolute Gasteiger partial charge is 0.229 e. The molecular formula is C22H33N7OS. The van der Waals surface area contributed by atoms with Crippen LogP contribution in [0, 0.1) is 5.92 Å². The van der Waals surface area contributed by atoms with E-state index in [1.54, 1.807) is 18.8 Å². The van der Waals surface area contributed by atoms with E-state index in [0.29, 0.717) is 18.9 Å². The van der Waals surface area contributed by atoms with Crippen LogP contribution >= 0.6 is 11.8 Å². The van der Waals surface area contributed by atoms with Crippen molar-refractivity contribution in [2.24, 2.45) is 10.9 Å². The van der Waals surface area contributed by atoms with E-state index in [-0.39, 0.29) is 11.9 Å². The Kier molecular flexibility index (Phi) is 8.34. The summed E-state index contributed by atoms with van der Waals surface area (Å²) in [6.45, 7) is 6.75. The Bertz CT molecular complexity index is 881. The molecule has 1 atom stereocenters. The number of amides is 1. The highest BCUT2D eigenvalue weighted by Crippen LogP contribution is 2.21. The van der Waals surface area contributed by atoms with E-state index >= 15 is 0 Å². The molecule has 1 aromatic carbocycles. The molecule has 0 radical (unpaired) electrons. The van der Waals surface area contributed by atoms with E-state index in [4.69, 9.17) is 0 Å². The summed E-state index contributed by atoms with van der Waals surface area (Å²) in [7, 11) is 1.76. The van der Waals surface area contributed by atoms with Gasteiger partial charge in [-0.1, -0.05) is 43.8 Å². The van der Waals surface area contributed by atoms with Crippen LogP contribution in [-0.4, -0.2) is 59.1 Å². The summed E-state index contributed by atoms with van der Waals surface area (Å²) in [5, 5.41) is 16.4. The second kappa shape index (κ2) is 11.2. The fraction of sp³-hybridized carbons (Fsp3) is 0.545. The fourth-order valence-corrected chi connectivity index (χ4v) is 4.23. The molecule has 0 bridgehead atoms. The predicted octanol–water partition coefficient (Wildman–Crippen LogP) is 2.56. The van der Waals surface area contributed by atoms with E-state index in [2.05, 4.69) is 44.2 Å². The molecule has 1 fully saturated rings. The maximum absolute atomic E-state index is 12.4. The summed E-state index contributed by atoms with van der Waals surface area (Å²) in [5.41, 5.74) is 0.940. The van der Waals surface area contributed by atoms with Crippen LogP contribution in [0.1, 0.15) is 32.5 Å². The lowest BCUT2D eigenvalue weighted by atomic mass is 10.2. The van der Waals surface area contributed by atoms with Crippen LogP contribution in [0.25, 0.3) is 0 Å². The van der Waals surface area contributed by atoms with E-state index in [1.165, 1.54) is 0 Å². The first-order valence-corrected chi connectivity index (χ1v) is 12.0. The number of aromatic nitrogens is 3. The average molecular weight is 444 g/mol. The minimum absolute atomic E-state index is 0.0391. The Morgan fingerprint density at radius 1 is 1.29 bits per heavy atom. The Labute approximate surface area is 188 Å². The summed E-state index contributed by atoms with van der Waals surface area (Å²) in [6.07, 6.45) is 4.28. The molecule has 3 rings (SSSR count).